The van der Waals surface area contributed by atoms with Crippen LogP contribution in [0, 0.1) is 0 Å². The molecule has 0 saturated heterocycles. The molecular weight excluding hydrogens is 448 g/mol. The van der Waals surface area contributed by atoms with E-state index in [2.05, 4.69) is 86.3 Å². The van der Waals surface area contributed by atoms with Crippen molar-refractivity contribution in [1.29, 1.82) is 0 Å². The molecule has 2 atom stereocenters. The van der Waals surface area contributed by atoms with Gasteiger partial charge in [0, 0.05) is 13.2 Å². The number of hydrogen-bond acceptors (Lipinski definition) is 3. The number of rotatable bonds is 20. The molecule has 2 rings (SSSR count). The third-order valence-corrected chi connectivity index (χ3v) is 8.90. The van der Waals surface area contributed by atoms with E-state index in [1.807, 2.05) is 0 Å². The van der Waals surface area contributed by atoms with Crippen LogP contribution in [-0.4, -0.2) is 34.9 Å². The second-order valence-electron chi connectivity index (χ2n) is 10.7. The van der Waals surface area contributed by atoms with E-state index in [0.29, 0.717) is 0 Å². The van der Waals surface area contributed by atoms with Gasteiger partial charge >= 0.3 is 0 Å². The highest BCUT2D eigenvalue weighted by atomic mass is 32.2. The Hall–Kier alpha value is -1.29. The summed E-state index contributed by atoms with van der Waals surface area (Å²) in [6, 6.07) is 21.7. The molecule has 2 unspecified atom stereocenters. The molecule has 0 aliphatic rings. The van der Waals surface area contributed by atoms with E-state index < -0.39 is 0 Å². The summed E-state index contributed by atoms with van der Waals surface area (Å²) in [6.07, 6.45) is 14.1. The molecule has 3 heteroatoms. The second kappa shape index (κ2) is 17.2. The summed E-state index contributed by atoms with van der Waals surface area (Å²) in [4.78, 5) is 0. The van der Waals surface area contributed by atoms with Crippen LogP contribution in [0.1, 0.15) is 102 Å². The van der Waals surface area contributed by atoms with Crippen LogP contribution in [0.2, 0.25) is 0 Å². The molecule has 0 aliphatic carbocycles. The summed E-state index contributed by atoms with van der Waals surface area (Å²) >= 11 is 2.12. The third-order valence-electron chi connectivity index (χ3n) is 7.75. The van der Waals surface area contributed by atoms with Crippen LogP contribution in [0.25, 0.3) is 0 Å². The van der Waals surface area contributed by atoms with E-state index >= 15 is 0 Å². The van der Waals surface area contributed by atoms with Crippen LogP contribution >= 0.6 is 11.8 Å². The quantitative estimate of drug-likeness (QED) is 0.180. The number of aliphatic hydroxyl groups is 2. The molecule has 35 heavy (non-hydrogen) atoms. The molecule has 2 nitrogen and oxygen atoms in total. The molecule has 2 aromatic rings. The molecule has 2 N–H and O–H groups in total. The Kier molecular flexibility index (Phi) is 14.7. The molecule has 0 heterocycles. The third kappa shape index (κ3) is 11.1. The van der Waals surface area contributed by atoms with Gasteiger partial charge in [0.05, 0.1) is 0 Å². The van der Waals surface area contributed by atoms with Gasteiger partial charge in [0.15, 0.2) is 0 Å². The molecule has 0 aliphatic heterocycles. The van der Waals surface area contributed by atoms with Gasteiger partial charge in [-0.15, -0.1) is 0 Å². The van der Waals surface area contributed by atoms with Crippen LogP contribution < -0.4 is 0 Å². The van der Waals surface area contributed by atoms with E-state index in [1.54, 1.807) is 0 Å². The molecule has 0 amide bonds. The zero-order valence-electron chi connectivity index (χ0n) is 22.4. The van der Waals surface area contributed by atoms with Gasteiger partial charge < -0.3 is 10.2 Å². The molecule has 0 aromatic heterocycles. The predicted molar refractivity (Wildman–Crippen MR) is 154 cm³/mol. The Bertz CT molecular complexity index is 700. The normalized spacial score (nSPS) is 15.0. The lowest BCUT2D eigenvalue weighted by Gasteiger charge is -2.30. The highest BCUT2D eigenvalue weighted by molar-refractivity contribution is 7.99. The summed E-state index contributed by atoms with van der Waals surface area (Å²) in [5.74, 6) is 2.55. The van der Waals surface area contributed by atoms with Crippen molar-refractivity contribution < 1.29 is 10.2 Å². The maximum atomic E-state index is 9.34. The summed E-state index contributed by atoms with van der Waals surface area (Å²) in [5.41, 5.74) is 3.20. The highest BCUT2D eigenvalue weighted by Gasteiger charge is 2.26. The highest BCUT2D eigenvalue weighted by Crippen LogP contribution is 2.35. The summed E-state index contributed by atoms with van der Waals surface area (Å²) in [7, 11) is 0. The van der Waals surface area contributed by atoms with Crippen molar-refractivity contribution in [2.45, 2.75) is 102 Å². The van der Waals surface area contributed by atoms with Gasteiger partial charge in [-0.2, -0.15) is 11.8 Å². The average molecular weight is 499 g/mol. The van der Waals surface area contributed by atoms with E-state index in [9.17, 15) is 10.2 Å². The lowest BCUT2D eigenvalue weighted by atomic mass is 9.75. The number of thioether (sulfide) groups is 1. The van der Waals surface area contributed by atoms with Gasteiger partial charge in [-0.25, -0.2) is 0 Å². The van der Waals surface area contributed by atoms with Gasteiger partial charge in [-0.3, -0.25) is 0 Å². The predicted octanol–water partition coefficient (Wildman–Crippen LogP) is 8.30. The van der Waals surface area contributed by atoms with Crippen LogP contribution in [0.5, 0.6) is 0 Å². The Morgan fingerprint density at radius 3 is 1.26 bits per heavy atom. The van der Waals surface area contributed by atoms with Gasteiger partial charge in [-0.05, 0) is 84.8 Å². The topological polar surface area (TPSA) is 40.5 Å². The first kappa shape index (κ1) is 29.9. The largest absolute Gasteiger partial charge is 0.396 e. The number of benzene rings is 2. The lowest BCUT2D eigenvalue weighted by Crippen LogP contribution is -2.22. The second-order valence-corrected chi connectivity index (χ2v) is 12.0. The first-order valence-corrected chi connectivity index (χ1v) is 15.1. The number of hydrogen-bond donors (Lipinski definition) is 2. The fourth-order valence-corrected chi connectivity index (χ4v) is 6.36. The van der Waals surface area contributed by atoms with Gasteiger partial charge in [0.25, 0.3) is 0 Å². The van der Waals surface area contributed by atoms with Crippen molar-refractivity contribution in [2.24, 2.45) is 0 Å². The Balaban J connectivity index is 1.58. The van der Waals surface area contributed by atoms with Crippen molar-refractivity contribution in [1.82, 2.24) is 0 Å². The molecule has 0 saturated carbocycles. The fraction of sp³-hybridized carbons (Fsp3) is 0.625. The first-order chi connectivity index (χ1) is 17.0. The maximum Gasteiger partial charge on any atom is 0.0431 e. The summed E-state index contributed by atoms with van der Waals surface area (Å²) in [6.45, 7) is 5.32. The zero-order valence-corrected chi connectivity index (χ0v) is 23.2. The maximum absolute atomic E-state index is 9.34. The molecule has 0 bridgehead atoms. The van der Waals surface area contributed by atoms with Gasteiger partial charge in [0.1, 0.15) is 0 Å². The SMILES string of the molecule is CC(CCCO)(CCCCCSCCCCCC(C)(CCCO)c1ccccc1)c1ccccc1. The van der Waals surface area contributed by atoms with Crippen LogP contribution in [0.4, 0.5) is 0 Å². The zero-order chi connectivity index (χ0) is 25.2. The van der Waals surface area contributed by atoms with Crippen molar-refractivity contribution in [2.75, 3.05) is 24.7 Å². The molecule has 0 fully saturated rings. The van der Waals surface area contributed by atoms with Gasteiger partial charge in [0.2, 0.25) is 0 Å². The van der Waals surface area contributed by atoms with Crippen LogP contribution in [-0.2, 0) is 10.8 Å². The van der Waals surface area contributed by atoms with Crippen molar-refractivity contribution in [3.05, 3.63) is 71.8 Å². The summed E-state index contributed by atoms with van der Waals surface area (Å²) < 4.78 is 0. The molecule has 196 valence electrons. The van der Waals surface area contributed by atoms with Gasteiger partial charge in [-0.1, -0.05) is 100 Å². The molecular formula is C32H50O2S. The Labute approximate surface area is 219 Å². The van der Waals surface area contributed by atoms with Crippen molar-refractivity contribution in [3.63, 3.8) is 0 Å². The summed E-state index contributed by atoms with van der Waals surface area (Å²) in [5, 5.41) is 18.7. The van der Waals surface area contributed by atoms with Crippen LogP contribution in [0.3, 0.4) is 0 Å². The van der Waals surface area contributed by atoms with Crippen molar-refractivity contribution in [3.8, 4) is 0 Å². The van der Waals surface area contributed by atoms with Crippen LogP contribution in [0.15, 0.2) is 60.7 Å². The Morgan fingerprint density at radius 1 is 0.514 bits per heavy atom. The minimum Gasteiger partial charge on any atom is -0.396 e. The smallest absolute Gasteiger partial charge is 0.0431 e. The molecule has 2 aromatic carbocycles. The fourth-order valence-electron chi connectivity index (χ4n) is 5.34. The minimum absolute atomic E-state index is 0.183. The number of unbranched alkanes of at least 4 members (excludes halogenated alkanes) is 4. The number of aliphatic hydroxyl groups excluding tert-OH is 2. The van der Waals surface area contributed by atoms with E-state index in [1.165, 1.54) is 74.0 Å². The minimum atomic E-state index is 0.183. The molecule has 0 spiro atoms. The first-order valence-electron chi connectivity index (χ1n) is 13.9. The molecule has 0 radical (unpaired) electrons. The Morgan fingerprint density at radius 2 is 0.886 bits per heavy atom. The van der Waals surface area contributed by atoms with Crippen molar-refractivity contribution >= 4 is 11.8 Å². The lowest BCUT2D eigenvalue weighted by molar-refractivity contribution is 0.258. The standard InChI is InChI=1S/C32H50O2S/c1-31(23-15-25-33,29-17-7-3-8-18-29)21-11-5-13-27-35-28-14-6-12-22-32(2,24-16-26-34)30-19-9-4-10-20-30/h3-4,7-10,17-20,33-34H,5-6,11-16,21-28H2,1-2H3. The monoisotopic (exact) mass is 498 g/mol. The van der Waals surface area contributed by atoms with E-state index in [-0.39, 0.29) is 24.0 Å². The average Bonchev–Trinajstić information content (AvgIpc) is 2.90. The van der Waals surface area contributed by atoms with E-state index in [0.717, 1.165) is 25.7 Å². The van der Waals surface area contributed by atoms with E-state index in [4.69, 9.17) is 0 Å².